The minimum Gasteiger partial charge on any atom is -0.397 e. The lowest BCUT2D eigenvalue weighted by molar-refractivity contribution is 0.0993. The Morgan fingerprint density at radius 3 is 3.00 bits per heavy atom. The summed E-state index contributed by atoms with van der Waals surface area (Å²) in [5.74, 6) is 0.898. The fourth-order valence-electron chi connectivity index (χ4n) is 2.06. The molecule has 1 unspecified atom stereocenters. The Morgan fingerprint density at radius 2 is 2.44 bits per heavy atom. The molecule has 0 aromatic carbocycles. The number of nitrogens with two attached hydrogens (primary N) is 1. The van der Waals surface area contributed by atoms with Crippen molar-refractivity contribution < 1.29 is 4.79 Å². The van der Waals surface area contributed by atoms with Crippen LogP contribution in [0, 0.1) is 5.92 Å². The minimum absolute atomic E-state index is 0.154. The molecule has 0 spiro atoms. The van der Waals surface area contributed by atoms with Crippen molar-refractivity contribution in [3.05, 3.63) is 10.9 Å². The molecule has 0 aliphatic carbocycles. The molecule has 2 rings (SSSR count). The second-order valence-corrected chi connectivity index (χ2v) is 5.52. The highest BCUT2D eigenvalue weighted by atomic mass is 32.1. The van der Waals surface area contributed by atoms with Crippen molar-refractivity contribution in [3.63, 3.8) is 0 Å². The van der Waals surface area contributed by atoms with Gasteiger partial charge in [-0.05, 0) is 18.4 Å². The monoisotopic (exact) mass is 238 g/mol. The largest absolute Gasteiger partial charge is 0.397 e. The molecule has 16 heavy (non-hydrogen) atoms. The average molecular weight is 238 g/mol. The number of nitrogen functional groups attached to an aromatic ring is 1. The topological polar surface area (TPSA) is 46.3 Å². The molecule has 1 saturated heterocycles. The third kappa shape index (κ3) is 2.07. The van der Waals surface area contributed by atoms with Crippen LogP contribution in [0.25, 0.3) is 0 Å². The number of rotatable bonds is 3. The van der Waals surface area contributed by atoms with Gasteiger partial charge in [0.15, 0.2) is 5.78 Å². The van der Waals surface area contributed by atoms with Gasteiger partial charge in [0, 0.05) is 19.5 Å². The molecule has 4 heteroatoms. The summed E-state index contributed by atoms with van der Waals surface area (Å²) in [5.41, 5.74) is 6.53. The standard InChI is InChI=1S/C12H18N2OS/c1-3-10(15)12-9(13)6-11(16-12)14-5-4-8(2)7-14/h6,8H,3-5,7,13H2,1-2H3. The lowest BCUT2D eigenvalue weighted by Crippen LogP contribution is -2.17. The van der Waals surface area contributed by atoms with Crippen LogP contribution in [0.5, 0.6) is 0 Å². The van der Waals surface area contributed by atoms with Gasteiger partial charge in [0.25, 0.3) is 0 Å². The van der Waals surface area contributed by atoms with Gasteiger partial charge in [-0.1, -0.05) is 13.8 Å². The maximum Gasteiger partial charge on any atom is 0.174 e. The number of carbonyl (C=O) groups excluding carboxylic acids is 1. The molecular weight excluding hydrogens is 220 g/mol. The summed E-state index contributed by atoms with van der Waals surface area (Å²) in [6.07, 6.45) is 1.76. The Labute approximate surface area is 100 Å². The quantitative estimate of drug-likeness (QED) is 0.824. The van der Waals surface area contributed by atoms with E-state index >= 15 is 0 Å². The van der Waals surface area contributed by atoms with Crippen LogP contribution in [0.3, 0.4) is 0 Å². The Kier molecular flexibility index (Phi) is 3.19. The van der Waals surface area contributed by atoms with E-state index in [-0.39, 0.29) is 5.78 Å². The highest BCUT2D eigenvalue weighted by molar-refractivity contribution is 7.18. The molecule has 1 aromatic heterocycles. The molecule has 2 heterocycles. The van der Waals surface area contributed by atoms with Gasteiger partial charge in [-0.2, -0.15) is 0 Å². The van der Waals surface area contributed by atoms with Gasteiger partial charge in [-0.25, -0.2) is 0 Å². The third-order valence-corrected chi connectivity index (χ3v) is 4.31. The predicted molar refractivity (Wildman–Crippen MR) is 69.3 cm³/mol. The van der Waals surface area contributed by atoms with Crippen molar-refractivity contribution in [2.45, 2.75) is 26.7 Å². The van der Waals surface area contributed by atoms with Crippen LogP contribution < -0.4 is 10.6 Å². The van der Waals surface area contributed by atoms with Crippen LogP contribution in [0.2, 0.25) is 0 Å². The van der Waals surface area contributed by atoms with E-state index in [9.17, 15) is 4.79 Å². The zero-order valence-corrected chi connectivity index (χ0v) is 10.6. The molecule has 88 valence electrons. The molecule has 0 saturated carbocycles. The number of hydrogen-bond acceptors (Lipinski definition) is 4. The molecule has 2 N–H and O–H groups in total. The molecule has 1 fully saturated rings. The normalized spacial score (nSPS) is 20.4. The first-order chi connectivity index (χ1) is 7.61. The lowest BCUT2D eigenvalue weighted by atomic mass is 10.2. The zero-order chi connectivity index (χ0) is 11.7. The maximum absolute atomic E-state index is 11.6. The number of carbonyl (C=O) groups is 1. The summed E-state index contributed by atoms with van der Waals surface area (Å²) in [5, 5.41) is 1.15. The fraction of sp³-hybridized carbons (Fsp3) is 0.583. The van der Waals surface area contributed by atoms with E-state index in [1.54, 1.807) is 11.3 Å². The number of thiophene rings is 1. The summed E-state index contributed by atoms with van der Waals surface area (Å²) >= 11 is 1.54. The summed E-state index contributed by atoms with van der Waals surface area (Å²) in [4.78, 5) is 14.7. The van der Waals surface area contributed by atoms with E-state index in [0.717, 1.165) is 28.9 Å². The van der Waals surface area contributed by atoms with Gasteiger partial charge in [0.2, 0.25) is 0 Å². The van der Waals surface area contributed by atoms with Crippen molar-refractivity contribution in [1.29, 1.82) is 0 Å². The molecule has 1 aromatic rings. The van der Waals surface area contributed by atoms with E-state index in [2.05, 4.69) is 11.8 Å². The van der Waals surface area contributed by atoms with Crippen LogP contribution in [0.1, 0.15) is 36.4 Å². The van der Waals surface area contributed by atoms with Crippen molar-refractivity contribution in [2.75, 3.05) is 23.7 Å². The maximum atomic E-state index is 11.6. The second-order valence-electron chi connectivity index (χ2n) is 4.49. The van der Waals surface area contributed by atoms with E-state index in [0.29, 0.717) is 12.1 Å². The molecular formula is C12H18N2OS. The zero-order valence-electron chi connectivity index (χ0n) is 9.82. The van der Waals surface area contributed by atoms with Crippen LogP contribution >= 0.6 is 11.3 Å². The van der Waals surface area contributed by atoms with Crippen molar-refractivity contribution in [1.82, 2.24) is 0 Å². The minimum atomic E-state index is 0.154. The molecule has 1 aliphatic heterocycles. The van der Waals surface area contributed by atoms with Crippen molar-refractivity contribution in [2.24, 2.45) is 5.92 Å². The van der Waals surface area contributed by atoms with Gasteiger partial charge in [-0.3, -0.25) is 4.79 Å². The Hall–Kier alpha value is -1.03. The van der Waals surface area contributed by atoms with Gasteiger partial charge in [0.05, 0.1) is 15.6 Å². The molecule has 0 radical (unpaired) electrons. The molecule has 3 nitrogen and oxygen atoms in total. The summed E-state index contributed by atoms with van der Waals surface area (Å²) in [6, 6.07) is 1.95. The number of anilines is 2. The summed E-state index contributed by atoms with van der Waals surface area (Å²) in [6.45, 7) is 6.30. The van der Waals surface area contributed by atoms with Gasteiger partial charge in [0.1, 0.15) is 0 Å². The summed E-state index contributed by atoms with van der Waals surface area (Å²) < 4.78 is 0. The Balaban J connectivity index is 2.20. The van der Waals surface area contributed by atoms with E-state index in [4.69, 9.17) is 5.73 Å². The summed E-state index contributed by atoms with van der Waals surface area (Å²) in [7, 11) is 0. The highest BCUT2D eigenvalue weighted by Crippen LogP contribution is 2.35. The lowest BCUT2D eigenvalue weighted by Gasteiger charge is -2.14. The molecule has 1 aliphatic rings. The Bertz CT molecular complexity index is 400. The SMILES string of the molecule is CCC(=O)c1sc(N2CCC(C)C2)cc1N. The highest BCUT2D eigenvalue weighted by Gasteiger charge is 2.22. The molecule has 0 amide bonds. The van der Waals surface area contributed by atoms with Gasteiger partial charge >= 0.3 is 0 Å². The number of hydrogen-bond donors (Lipinski definition) is 1. The van der Waals surface area contributed by atoms with E-state index in [1.165, 1.54) is 6.42 Å². The van der Waals surface area contributed by atoms with Crippen molar-refractivity contribution in [3.8, 4) is 0 Å². The van der Waals surface area contributed by atoms with Crippen LogP contribution in [-0.2, 0) is 0 Å². The van der Waals surface area contributed by atoms with Gasteiger partial charge < -0.3 is 10.6 Å². The molecule has 0 bridgehead atoms. The third-order valence-electron chi connectivity index (χ3n) is 3.06. The predicted octanol–water partition coefficient (Wildman–Crippen LogP) is 2.77. The number of ketones is 1. The first-order valence-electron chi connectivity index (χ1n) is 5.79. The average Bonchev–Trinajstić information content (AvgIpc) is 2.83. The first-order valence-corrected chi connectivity index (χ1v) is 6.61. The Morgan fingerprint density at radius 1 is 1.69 bits per heavy atom. The number of Topliss-reactive ketones (excluding diaryl/α,β-unsaturated/α-hetero) is 1. The van der Waals surface area contributed by atoms with Crippen molar-refractivity contribution >= 4 is 27.8 Å². The van der Waals surface area contributed by atoms with Crippen LogP contribution in [0.4, 0.5) is 10.7 Å². The first kappa shape index (κ1) is 11.5. The second kappa shape index (κ2) is 4.45. The van der Waals surface area contributed by atoms with Crippen LogP contribution in [0.15, 0.2) is 6.07 Å². The smallest absolute Gasteiger partial charge is 0.174 e. The van der Waals surface area contributed by atoms with E-state index in [1.807, 2.05) is 13.0 Å². The van der Waals surface area contributed by atoms with Crippen LogP contribution in [-0.4, -0.2) is 18.9 Å². The molecule has 1 atom stereocenters. The fourth-order valence-corrected chi connectivity index (χ4v) is 3.19. The number of nitrogens with zero attached hydrogens (tertiary/aromatic N) is 1. The van der Waals surface area contributed by atoms with E-state index < -0.39 is 0 Å². The van der Waals surface area contributed by atoms with Gasteiger partial charge in [-0.15, -0.1) is 11.3 Å².